The molecule has 4 aromatic carbocycles. The normalized spacial score (nSPS) is 10.7. The van der Waals surface area contributed by atoms with Gasteiger partial charge in [-0.15, -0.1) is 0 Å². The number of methoxy groups -OCH3 is 2. The van der Waals surface area contributed by atoms with Gasteiger partial charge in [0.2, 0.25) is 0 Å². The molecule has 0 unspecified atom stereocenters. The minimum atomic E-state index is -0.733. The predicted octanol–water partition coefficient (Wildman–Crippen LogP) is 7.59. The lowest BCUT2D eigenvalue weighted by atomic mass is 9.94. The zero-order valence-corrected chi connectivity index (χ0v) is 20.0. The van der Waals surface area contributed by atoms with Crippen molar-refractivity contribution in [2.75, 3.05) is 19.5 Å². The number of carbonyl (C=O) groups excluding carboxylic acids is 1. The predicted molar refractivity (Wildman–Crippen MR) is 134 cm³/mol. The van der Waals surface area contributed by atoms with Gasteiger partial charge >= 0.3 is 0 Å². The molecule has 0 saturated carbocycles. The Morgan fingerprint density at radius 2 is 1.51 bits per heavy atom. The molecule has 0 amide bonds. The van der Waals surface area contributed by atoms with E-state index >= 15 is 0 Å². The van der Waals surface area contributed by atoms with Gasteiger partial charge in [-0.3, -0.25) is 4.79 Å². The van der Waals surface area contributed by atoms with Gasteiger partial charge in [-0.2, -0.15) is 0 Å². The molecule has 7 heteroatoms. The van der Waals surface area contributed by atoms with E-state index in [1.807, 2.05) is 43.3 Å². The quantitative estimate of drug-likeness (QED) is 0.269. The van der Waals surface area contributed by atoms with E-state index in [0.29, 0.717) is 28.3 Å². The Morgan fingerprint density at radius 1 is 0.800 bits per heavy atom. The minimum absolute atomic E-state index is 0.0972. The molecule has 0 fully saturated rings. The highest BCUT2D eigenvalue weighted by molar-refractivity contribution is 6.35. The van der Waals surface area contributed by atoms with E-state index in [-0.39, 0.29) is 16.5 Å². The van der Waals surface area contributed by atoms with Crippen molar-refractivity contribution in [3.05, 3.63) is 106 Å². The van der Waals surface area contributed by atoms with Gasteiger partial charge in [0.05, 0.1) is 24.9 Å². The van der Waals surface area contributed by atoms with E-state index in [9.17, 15) is 13.6 Å². The molecule has 0 aliphatic rings. The maximum atomic E-state index is 14.0. The van der Waals surface area contributed by atoms with Crippen LogP contribution >= 0.6 is 11.6 Å². The number of carbonyl (C=O) groups is 1. The first-order valence-corrected chi connectivity index (χ1v) is 11.1. The van der Waals surface area contributed by atoms with Crippen LogP contribution in [0.2, 0.25) is 5.02 Å². The molecule has 4 nitrogen and oxygen atoms in total. The van der Waals surface area contributed by atoms with Crippen LogP contribution in [0, 0.1) is 18.6 Å². The molecule has 0 spiro atoms. The van der Waals surface area contributed by atoms with Gasteiger partial charge in [0.25, 0.3) is 0 Å². The number of benzene rings is 4. The number of hydrogen-bond acceptors (Lipinski definition) is 4. The third kappa shape index (κ3) is 5.12. The zero-order valence-electron chi connectivity index (χ0n) is 19.3. The van der Waals surface area contributed by atoms with Gasteiger partial charge < -0.3 is 14.8 Å². The van der Waals surface area contributed by atoms with E-state index in [1.165, 1.54) is 12.1 Å². The number of rotatable bonds is 7. The highest BCUT2D eigenvalue weighted by Gasteiger charge is 2.17. The van der Waals surface area contributed by atoms with Gasteiger partial charge in [0.1, 0.15) is 11.6 Å². The summed E-state index contributed by atoms with van der Waals surface area (Å²) in [6, 6.07) is 19.1. The number of aryl methyl sites for hydroxylation is 1. The topological polar surface area (TPSA) is 47.6 Å². The Hall–Kier alpha value is -3.90. The third-order valence-corrected chi connectivity index (χ3v) is 5.94. The van der Waals surface area contributed by atoms with Gasteiger partial charge in [-0.05, 0) is 72.1 Å². The second-order valence-electron chi connectivity index (χ2n) is 7.87. The van der Waals surface area contributed by atoms with E-state index in [2.05, 4.69) is 5.32 Å². The van der Waals surface area contributed by atoms with Crippen molar-refractivity contribution in [1.29, 1.82) is 0 Å². The molecule has 0 aromatic heterocycles. The summed E-state index contributed by atoms with van der Waals surface area (Å²) in [5.74, 6) is -0.446. The molecule has 35 heavy (non-hydrogen) atoms. The molecular weight excluding hydrogens is 472 g/mol. The van der Waals surface area contributed by atoms with Gasteiger partial charge in [-0.1, -0.05) is 29.8 Å². The van der Waals surface area contributed by atoms with Crippen LogP contribution < -0.4 is 14.8 Å². The fourth-order valence-electron chi connectivity index (χ4n) is 3.73. The SMILES string of the molecule is COc1ccc(-c2ccc(C)c(C(=O)c3ccc(Nc4ccc(F)cc4F)cc3Cl)c2)cc1OC. The molecule has 178 valence electrons. The van der Waals surface area contributed by atoms with Gasteiger partial charge in [-0.25, -0.2) is 8.78 Å². The lowest BCUT2D eigenvalue weighted by molar-refractivity contribution is 0.103. The van der Waals surface area contributed by atoms with Gasteiger partial charge in [0, 0.05) is 22.9 Å². The van der Waals surface area contributed by atoms with E-state index < -0.39 is 11.6 Å². The summed E-state index contributed by atoms with van der Waals surface area (Å²) in [4.78, 5) is 13.4. The number of ketones is 1. The van der Waals surface area contributed by atoms with Gasteiger partial charge in [0.15, 0.2) is 17.3 Å². The lowest BCUT2D eigenvalue weighted by Gasteiger charge is -2.13. The molecule has 4 rings (SSSR count). The molecule has 0 saturated heterocycles. The molecule has 4 aromatic rings. The van der Waals surface area contributed by atoms with Crippen LogP contribution in [0.1, 0.15) is 21.5 Å². The first-order valence-electron chi connectivity index (χ1n) is 10.7. The molecule has 0 atom stereocenters. The van der Waals surface area contributed by atoms with Crippen molar-refractivity contribution in [1.82, 2.24) is 0 Å². The van der Waals surface area contributed by atoms with Crippen molar-refractivity contribution in [2.45, 2.75) is 6.92 Å². The fraction of sp³-hybridized carbons (Fsp3) is 0.107. The Bertz CT molecular complexity index is 1420. The minimum Gasteiger partial charge on any atom is -0.493 e. The van der Waals surface area contributed by atoms with Crippen LogP contribution in [0.25, 0.3) is 11.1 Å². The van der Waals surface area contributed by atoms with Crippen molar-refractivity contribution in [3.63, 3.8) is 0 Å². The summed E-state index contributed by atoms with van der Waals surface area (Å²) < 4.78 is 37.8. The summed E-state index contributed by atoms with van der Waals surface area (Å²) in [7, 11) is 3.14. The largest absolute Gasteiger partial charge is 0.493 e. The molecular formula is C28H22ClF2NO3. The van der Waals surface area contributed by atoms with Crippen LogP contribution in [-0.4, -0.2) is 20.0 Å². The Balaban J connectivity index is 1.64. The van der Waals surface area contributed by atoms with E-state index in [1.54, 1.807) is 26.4 Å². The van der Waals surface area contributed by atoms with E-state index in [0.717, 1.165) is 28.8 Å². The second kappa shape index (κ2) is 10.2. The zero-order chi connectivity index (χ0) is 25.1. The summed E-state index contributed by atoms with van der Waals surface area (Å²) in [5.41, 5.74) is 3.87. The molecule has 0 bridgehead atoms. The molecule has 0 aliphatic heterocycles. The lowest BCUT2D eigenvalue weighted by Crippen LogP contribution is -2.05. The summed E-state index contributed by atoms with van der Waals surface area (Å²) in [5, 5.41) is 3.06. The van der Waals surface area contributed by atoms with Crippen molar-refractivity contribution < 1.29 is 23.0 Å². The molecule has 0 aliphatic carbocycles. The smallest absolute Gasteiger partial charge is 0.194 e. The van der Waals surface area contributed by atoms with E-state index in [4.69, 9.17) is 21.1 Å². The highest BCUT2D eigenvalue weighted by atomic mass is 35.5. The monoisotopic (exact) mass is 493 g/mol. The number of anilines is 2. The Labute approximate surface area is 207 Å². The molecule has 0 radical (unpaired) electrons. The average Bonchev–Trinajstić information content (AvgIpc) is 2.85. The standard InChI is InChI=1S/C28H22ClF2NO3/c1-16-4-5-17(18-6-11-26(34-2)27(13-18)35-3)12-22(16)28(33)21-9-8-20(15-23(21)29)32-25-10-7-19(30)14-24(25)31/h4-15,32H,1-3H3. The van der Waals surface area contributed by atoms with Crippen molar-refractivity contribution in [2.24, 2.45) is 0 Å². The van der Waals surface area contributed by atoms with Crippen molar-refractivity contribution in [3.8, 4) is 22.6 Å². The molecule has 1 N–H and O–H groups in total. The summed E-state index contributed by atoms with van der Waals surface area (Å²) in [6.07, 6.45) is 0. The fourth-order valence-corrected chi connectivity index (χ4v) is 4.00. The average molecular weight is 494 g/mol. The van der Waals surface area contributed by atoms with Crippen molar-refractivity contribution >= 4 is 28.8 Å². The molecule has 0 heterocycles. The maximum absolute atomic E-state index is 14.0. The maximum Gasteiger partial charge on any atom is 0.194 e. The Morgan fingerprint density at radius 3 is 2.20 bits per heavy atom. The first kappa shape index (κ1) is 24.2. The Kier molecular flexibility index (Phi) is 7.03. The van der Waals surface area contributed by atoms with Crippen LogP contribution in [0.15, 0.2) is 72.8 Å². The second-order valence-corrected chi connectivity index (χ2v) is 8.28. The number of nitrogens with one attached hydrogen (secondary N) is 1. The van der Waals surface area contributed by atoms with Crippen LogP contribution in [0.4, 0.5) is 20.2 Å². The van der Waals surface area contributed by atoms with Crippen LogP contribution in [0.5, 0.6) is 11.5 Å². The highest BCUT2D eigenvalue weighted by Crippen LogP contribution is 2.34. The van der Waals surface area contributed by atoms with Crippen LogP contribution in [-0.2, 0) is 0 Å². The first-order chi connectivity index (χ1) is 16.8. The summed E-state index contributed by atoms with van der Waals surface area (Å²) in [6.45, 7) is 1.85. The number of hydrogen-bond donors (Lipinski definition) is 1. The third-order valence-electron chi connectivity index (χ3n) is 5.62. The van der Waals surface area contributed by atoms with Crippen LogP contribution in [0.3, 0.4) is 0 Å². The number of halogens is 3. The number of ether oxygens (including phenoxy) is 2. The summed E-state index contributed by atoms with van der Waals surface area (Å²) >= 11 is 6.44.